The summed E-state index contributed by atoms with van der Waals surface area (Å²) in [5.41, 5.74) is 1.05. The average Bonchev–Trinajstić information content (AvgIpc) is 2.36. The van der Waals surface area contributed by atoms with Crippen LogP contribution in [0.5, 0.6) is 0 Å². The Morgan fingerprint density at radius 3 is 2.94 bits per heavy atom. The van der Waals surface area contributed by atoms with Gasteiger partial charge in [-0.15, -0.1) is 6.58 Å². The molecule has 18 heavy (non-hydrogen) atoms. The molecule has 1 heterocycles. The summed E-state index contributed by atoms with van der Waals surface area (Å²) in [7, 11) is 0. The summed E-state index contributed by atoms with van der Waals surface area (Å²) >= 11 is 6.23. The molecule has 2 N–H and O–H groups in total. The van der Waals surface area contributed by atoms with Gasteiger partial charge < -0.3 is 15.3 Å². The number of anilines is 1. The van der Waals surface area contributed by atoms with E-state index in [-0.39, 0.29) is 6.61 Å². The molecule has 100 valence electrons. The molecule has 0 bridgehead atoms. The third-order valence-corrected chi connectivity index (χ3v) is 2.75. The zero-order chi connectivity index (χ0) is 13.4. The van der Waals surface area contributed by atoms with Crippen molar-refractivity contribution in [1.29, 1.82) is 0 Å². The first-order chi connectivity index (χ1) is 8.72. The predicted molar refractivity (Wildman–Crippen MR) is 76.1 cm³/mol. The van der Waals surface area contributed by atoms with Gasteiger partial charge in [-0.1, -0.05) is 24.6 Å². The van der Waals surface area contributed by atoms with Gasteiger partial charge >= 0.3 is 0 Å². The smallest absolute Gasteiger partial charge is 0.147 e. The first-order valence-corrected chi connectivity index (χ1v) is 6.42. The first-order valence-electron chi connectivity index (χ1n) is 6.04. The van der Waals surface area contributed by atoms with E-state index in [2.05, 4.69) is 23.8 Å². The summed E-state index contributed by atoms with van der Waals surface area (Å²) in [4.78, 5) is 6.26. The molecule has 0 aromatic carbocycles. The van der Waals surface area contributed by atoms with Gasteiger partial charge in [0.25, 0.3) is 0 Å². The number of aromatic nitrogens is 1. The molecule has 0 aliphatic heterocycles. The Morgan fingerprint density at radius 2 is 2.39 bits per heavy atom. The number of hydrogen-bond acceptors (Lipinski definition) is 4. The lowest BCUT2D eigenvalue weighted by atomic mass is 10.2. The highest BCUT2D eigenvalue weighted by Gasteiger charge is 2.10. The standard InChI is InChI=1S/C13H20ClN3O/c1-3-5-17(6-7-18)13-12(14)8-11(10-16-13)9-15-4-2/h3,8,10,15,18H,1,4-7,9H2,2H3. The number of hydrogen-bond donors (Lipinski definition) is 2. The van der Waals surface area contributed by atoms with Gasteiger partial charge in [0, 0.05) is 25.8 Å². The van der Waals surface area contributed by atoms with E-state index in [1.807, 2.05) is 11.0 Å². The summed E-state index contributed by atoms with van der Waals surface area (Å²) in [5.74, 6) is 0.686. The van der Waals surface area contributed by atoms with Gasteiger partial charge in [0.2, 0.25) is 0 Å². The average molecular weight is 270 g/mol. The maximum atomic E-state index is 9.03. The molecule has 0 aliphatic rings. The fraction of sp³-hybridized carbons (Fsp3) is 0.462. The quantitative estimate of drug-likeness (QED) is 0.707. The maximum absolute atomic E-state index is 9.03. The Balaban J connectivity index is 2.84. The molecule has 0 unspecified atom stereocenters. The molecule has 0 radical (unpaired) electrons. The summed E-state index contributed by atoms with van der Waals surface area (Å²) < 4.78 is 0. The predicted octanol–water partition coefficient (Wildman–Crippen LogP) is 1.83. The summed E-state index contributed by atoms with van der Waals surface area (Å²) in [5, 5.41) is 12.8. The van der Waals surface area contributed by atoms with Gasteiger partial charge in [-0.05, 0) is 18.2 Å². The summed E-state index contributed by atoms with van der Waals surface area (Å²) in [6.07, 6.45) is 3.57. The molecule has 0 saturated heterocycles. The zero-order valence-electron chi connectivity index (χ0n) is 10.7. The van der Waals surface area contributed by atoms with Gasteiger partial charge in [-0.2, -0.15) is 0 Å². The van der Waals surface area contributed by atoms with Crippen LogP contribution in [0.4, 0.5) is 5.82 Å². The van der Waals surface area contributed by atoms with Crippen LogP contribution in [0, 0.1) is 0 Å². The molecule has 0 spiro atoms. The van der Waals surface area contributed by atoms with E-state index in [9.17, 15) is 0 Å². The van der Waals surface area contributed by atoms with Crippen LogP contribution >= 0.6 is 11.6 Å². The van der Waals surface area contributed by atoms with Crippen LogP contribution in [0.1, 0.15) is 12.5 Å². The molecule has 0 amide bonds. The molecule has 0 fully saturated rings. The van der Waals surface area contributed by atoms with Gasteiger partial charge in [0.1, 0.15) is 5.82 Å². The highest BCUT2D eigenvalue weighted by molar-refractivity contribution is 6.33. The van der Waals surface area contributed by atoms with Crippen molar-refractivity contribution in [2.24, 2.45) is 0 Å². The Morgan fingerprint density at radius 1 is 1.61 bits per heavy atom. The Labute approximate surface area is 113 Å². The molecular weight excluding hydrogens is 250 g/mol. The molecule has 4 nitrogen and oxygen atoms in total. The fourth-order valence-electron chi connectivity index (χ4n) is 1.63. The van der Waals surface area contributed by atoms with Crippen molar-refractivity contribution in [2.45, 2.75) is 13.5 Å². The molecule has 0 aliphatic carbocycles. The Hall–Kier alpha value is -1.10. The zero-order valence-corrected chi connectivity index (χ0v) is 11.5. The van der Waals surface area contributed by atoms with E-state index in [0.717, 1.165) is 18.7 Å². The van der Waals surface area contributed by atoms with E-state index in [1.54, 1.807) is 12.3 Å². The van der Waals surface area contributed by atoms with Crippen molar-refractivity contribution in [3.63, 3.8) is 0 Å². The van der Waals surface area contributed by atoms with Gasteiger partial charge in [-0.25, -0.2) is 4.98 Å². The highest BCUT2D eigenvalue weighted by Crippen LogP contribution is 2.23. The highest BCUT2D eigenvalue weighted by atomic mass is 35.5. The lowest BCUT2D eigenvalue weighted by Crippen LogP contribution is -2.28. The van der Waals surface area contributed by atoms with Crippen LogP contribution in [0.15, 0.2) is 24.9 Å². The summed E-state index contributed by atoms with van der Waals surface area (Å²) in [6, 6.07) is 1.90. The number of aliphatic hydroxyl groups is 1. The van der Waals surface area contributed by atoms with Crippen molar-refractivity contribution in [3.8, 4) is 0 Å². The molecule has 0 atom stereocenters. The van der Waals surface area contributed by atoms with Crippen molar-refractivity contribution in [3.05, 3.63) is 35.5 Å². The number of nitrogens with one attached hydrogen (secondary N) is 1. The van der Waals surface area contributed by atoms with Crippen LogP contribution < -0.4 is 10.2 Å². The van der Waals surface area contributed by atoms with Crippen molar-refractivity contribution in [1.82, 2.24) is 10.3 Å². The lowest BCUT2D eigenvalue weighted by molar-refractivity contribution is 0.302. The number of aliphatic hydroxyl groups excluding tert-OH is 1. The topological polar surface area (TPSA) is 48.4 Å². The lowest BCUT2D eigenvalue weighted by Gasteiger charge is -2.22. The number of halogens is 1. The second kappa shape index (κ2) is 8.08. The van der Waals surface area contributed by atoms with E-state index in [4.69, 9.17) is 16.7 Å². The fourth-order valence-corrected chi connectivity index (χ4v) is 1.94. The molecule has 1 rings (SSSR count). The second-order valence-corrected chi connectivity index (χ2v) is 4.29. The molecule has 0 saturated carbocycles. The first kappa shape index (κ1) is 15.0. The van der Waals surface area contributed by atoms with Crippen molar-refractivity contribution >= 4 is 17.4 Å². The van der Waals surface area contributed by atoms with Gasteiger partial charge in [0.15, 0.2) is 0 Å². The van der Waals surface area contributed by atoms with Gasteiger partial charge in [-0.3, -0.25) is 0 Å². The molecule has 5 heteroatoms. The molecule has 1 aromatic heterocycles. The van der Waals surface area contributed by atoms with Crippen molar-refractivity contribution in [2.75, 3.05) is 31.1 Å². The van der Waals surface area contributed by atoms with Crippen LogP contribution in [0.3, 0.4) is 0 Å². The Bertz CT molecular complexity index is 384. The third-order valence-electron chi connectivity index (χ3n) is 2.48. The minimum absolute atomic E-state index is 0.0605. The van der Waals surface area contributed by atoms with Crippen LogP contribution in [-0.4, -0.2) is 36.3 Å². The molecular formula is C13H20ClN3O. The minimum atomic E-state index is 0.0605. The van der Waals surface area contributed by atoms with E-state index >= 15 is 0 Å². The minimum Gasteiger partial charge on any atom is -0.395 e. The normalized spacial score (nSPS) is 10.4. The SMILES string of the molecule is C=CCN(CCO)c1ncc(CNCC)cc1Cl. The van der Waals surface area contributed by atoms with E-state index in [1.165, 1.54) is 0 Å². The van der Waals surface area contributed by atoms with Crippen LogP contribution in [-0.2, 0) is 6.54 Å². The van der Waals surface area contributed by atoms with Gasteiger partial charge in [0.05, 0.1) is 11.6 Å². The van der Waals surface area contributed by atoms with Crippen LogP contribution in [0.25, 0.3) is 0 Å². The maximum Gasteiger partial charge on any atom is 0.147 e. The third kappa shape index (κ3) is 4.29. The second-order valence-electron chi connectivity index (χ2n) is 3.89. The van der Waals surface area contributed by atoms with Crippen molar-refractivity contribution < 1.29 is 5.11 Å². The van der Waals surface area contributed by atoms with Crippen LogP contribution in [0.2, 0.25) is 5.02 Å². The largest absolute Gasteiger partial charge is 0.395 e. The monoisotopic (exact) mass is 269 g/mol. The summed E-state index contributed by atoms with van der Waals surface area (Å²) in [6.45, 7) is 8.57. The molecule has 1 aromatic rings. The number of rotatable bonds is 8. The number of nitrogens with zero attached hydrogens (tertiary/aromatic N) is 2. The number of pyridine rings is 1. The Kier molecular flexibility index (Phi) is 6.72. The van der Waals surface area contributed by atoms with E-state index < -0.39 is 0 Å². The van der Waals surface area contributed by atoms with E-state index in [0.29, 0.717) is 23.9 Å².